The minimum Gasteiger partial charge on any atom is -0.491 e. The van der Waals surface area contributed by atoms with Crippen LogP contribution in [-0.2, 0) is 6.61 Å². The zero-order valence-corrected chi connectivity index (χ0v) is 10.8. The number of benzene rings is 1. The molecule has 4 nitrogen and oxygen atoms in total. The molecule has 19 heavy (non-hydrogen) atoms. The maximum Gasteiger partial charge on any atom is 0.127 e. The van der Waals surface area contributed by atoms with Gasteiger partial charge in [0.2, 0.25) is 0 Å². The predicted octanol–water partition coefficient (Wildman–Crippen LogP) is 2.36. The van der Waals surface area contributed by atoms with Crippen molar-refractivity contribution in [1.82, 2.24) is 4.98 Å². The standard InChI is InChI=1S/C15H16N2O2/c1-10-4-11(7-17-6-10)8-18-12-2-3-13-14(16)9-19-15(13)5-12/h2-7,14H,8-9,16H2,1H3. The van der Waals surface area contributed by atoms with Crippen molar-refractivity contribution in [2.75, 3.05) is 6.61 Å². The number of ether oxygens (including phenoxy) is 2. The molecule has 2 heterocycles. The molecular formula is C15H16N2O2. The van der Waals surface area contributed by atoms with E-state index in [1.165, 1.54) is 0 Å². The number of aromatic nitrogens is 1. The molecule has 0 aliphatic carbocycles. The Bertz CT molecular complexity index is 598. The van der Waals surface area contributed by atoms with Gasteiger partial charge in [-0.3, -0.25) is 4.98 Å². The monoisotopic (exact) mass is 256 g/mol. The molecule has 0 radical (unpaired) electrons. The zero-order valence-electron chi connectivity index (χ0n) is 10.8. The van der Waals surface area contributed by atoms with E-state index < -0.39 is 0 Å². The fourth-order valence-corrected chi connectivity index (χ4v) is 2.17. The summed E-state index contributed by atoms with van der Waals surface area (Å²) in [4.78, 5) is 4.14. The van der Waals surface area contributed by atoms with E-state index >= 15 is 0 Å². The Morgan fingerprint density at radius 2 is 2.26 bits per heavy atom. The summed E-state index contributed by atoms with van der Waals surface area (Å²) < 4.78 is 11.3. The van der Waals surface area contributed by atoms with Crippen LogP contribution in [0.15, 0.2) is 36.7 Å². The number of hydrogen-bond acceptors (Lipinski definition) is 4. The smallest absolute Gasteiger partial charge is 0.127 e. The van der Waals surface area contributed by atoms with Crippen molar-refractivity contribution in [3.63, 3.8) is 0 Å². The molecule has 0 bridgehead atoms. The average molecular weight is 256 g/mol. The maximum absolute atomic E-state index is 5.90. The number of pyridine rings is 1. The SMILES string of the molecule is Cc1cncc(COc2ccc3c(c2)OCC3N)c1. The second kappa shape index (κ2) is 4.90. The number of fused-ring (bicyclic) bond motifs is 1. The number of aryl methyl sites for hydroxylation is 1. The van der Waals surface area contributed by atoms with Crippen LogP contribution in [0.25, 0.3) is 0 Å². The van der Waals surface area contributed by atoms with Gasteiger partial charge in [-0.2, -0.15) is 0 Å². The highest BCUT2D eigenvalue weighted by Gasteiger charge is 2.20. The number of hydrogen-bond donors (Lipinski definition) is 1. The van der Waals surface area contributed by atoms with Crippen molar-refractivity contribution in [3.05, 3.63) is 53.3 Å². The van der Waals surface area contributed by atoms with E-state index in [1.54, 1.807) is 0 Å². The van der Waals surface area contributed by atoms with E-state index in [4.69, 9.17) is 15.2 Å². The highest BCUT2D eigenvalue weighted by molar-refractivity contribution is 5.44. The van der Waals surface area contributed by atoms with Gasteiger partial charge in [-0.05, 0) is 30.7 Å². The van der Waals surface area contributed by atoms with E-state index in [9.17, 15) is 0 Å². The van der Waals surface area contributed by atoms with Crippen LogP contribution in [-0.4, -0.2) is 11.6 Å². The lowest BCUT2D eigenvalue weighted by molar-refractivity contribution is 0.300. The first-order valence-corrected chi connectivity index (χ1v) is 6.28. The molecule has 98 valence electrons. The molecule has 0 saturated heterocycles. The summed E-state index contributed by atoms with van der Waals surface area (Å²) in [5, 5.41) is 0. The molecule has 4 heteroatoms. The van der Waals surface area contributed by atoms with Crippen LogP contribution in [0, 0.1) is 6.92 Å². The first-order valence-electron chi connectivity index (χ1n) is 6.28. The fraction of sp³-hybridized carbons (Fsp3) is 0.267. The second-order valence-electron chi connectivity index (χ2n) is 4.78. The molecule has 1 aromatic heterocycles. The summed E-state index contributed by atoms with van der Waals surface area (Å²) in [7, 11) is 0. The summed E-state index contributed by atoms with van der Waals surface area (Å²) in [6.45, 7) is 3.06. The molecule has 0 saturated carbocycles. The van der Waals surface area contributed by atoms with Gasteiger partial charge in [0.1, 0.15) is 24.7 Å². The molecule has 1 aliphatic rings. The normalized spacial score (nSPS) is 16.8. The lowest BCUT2D eigenvalue weighted by Crippen LogP contribution is -2.10. The quantitative estimate of drug-likeness (QED) is 0.916. The molecule has 0 spiro atoms. The van der Waals surface area contributed by atoms with Crippen molar-refractivity contribution in [2.24, 2.45) is 5.73 Å². The van der Waals surface area contributed by atoms with Crippen LogP contribution in [0.2, 0.25) is 0 Å². The van der Waals surface area contributed by atoms with E-state index in [0.717, 1.165) is 28.2 Å². The van der Waals surface area contributed by atoms with E-state index in [1.807, 2.05) is 37.5 Å². The van der Waals surface area contributed by atoms with Gasteiger partial charge in [0.25, 0.3) is 0 Å². The molecule has 0 fully saturated rings. The molecule has 3 rings (SSSR count). The van der Waals surface area contributed by atoms with E-state index in [2.05, 4.69) is 11.1 Å². The van der Waals surface area contributed by atoms with Crippen LogP contribution < -0.4 is 15.2 Å². The summed E-state index contributed by atoms with van der Waals surface area (Å²) >= 11 is 0. The van der Waals surface area contributed by atoms with Crippen LogP contribution in [0.5, 0.6) is 11.5 Å². The van der Waals surface area contributed by atoms with E-state index in [-0.39, 0.29) is 6.04 Å². The maximum atomic E-state index is 5.90. The highest BCUT2D eigenvalue weighted by Crippen LogP contribution is 2.34. The Morgan fingerprint density at radius 1 is 1.37 bits per heavy atom. The van der Waals surface area contributed by atoms with Gasteiger partial charge in [-0.25, -0.2) is 0 Å². The predicted molar refractivity (Wildman–Crippen MR) is 72.2 cm³/mol. The third-order valence-corrected chi connectivity index (χ3v) is 3.14. The van der Waals surface area contributed by atoms with Crippen molar-refractivity contribution in [3.8, 4) is 11.5 Å². The Labute approximate surface area is 112 Å². The minimum absolute atomic E-state index is 0.0231. The average Bonchev–Trinajstić information content (AvgIpc) is 2.78. The van der Waals surface area contributed by atoms with Gasteiger partial charge in [-0.15, -0.1) is 0 Å². The Hall–Kier alpha value is -2.07. The lowest BCUT2D eigenvalue weighted by Gasteiger charge is -2.08. The first-order chi connectivity index (χ1) is 9.22. The number of nitrogens with zero attached hydrogens (tertiary/aromatic N) is 1. The largest absolute Gasteiger partial charge is 0.491 e. The van der Waals surface area contributed by atoms with Gasteiger partial charge >= 0.3 is 0 Å². The summed E-state index contributed by atoms with van der Waals surface area (Å²) in [5.41, 5.74) is 9.13. The third-order valence-electron chi connectivity index (χ3n) is 3.14. The molecule has 1 aromatic carbocycles. The Balaban J connectivity index is 1.71. The van der Waals surface area contributed by atoms with Crippen LogP contribution in [0.3, 0.4) is 0 Å². The number of rotatable bonds is 3. The van der Waals surface area contributed by atoms with Gasteiger partial charge in [-0.1, -0.05) is 0 Å². The molecule has 1 atom stereocenters. The van der Waals surface area contributed by atoms with Gasteiger partial charge in [0, 0.05) is 29.6 Å². The highest BCUT2D eigenvalue weighted by atomic mass is 16.5. The van der Waals surface area contributed by atoms with Crippen LogP contribution in [0.1, 0.15) is 22.7 Å². The fourth-order valence-electron chi connectivity index (χ4n) is 2.17. The van der Waals surface area contributed by atoms with Crippen LogP contribution >= 0.6 is 0 Å². The minimum atomic E-state index is -0.0231. The molecule has 2 aromatic rings. The van der Waals surface area contributed by atoms with Gasteiger partial charge < -0.3 is 15.2 Å². The van der Waals surface area contributed by atoms with Gasteiger partial charge in [0.15, 0.2) is 0 Å². The van der Waals surface area contributed by atoms with E-state index in [0.29, 0.717) is 13.2 Å². The Kier molecular flexibility index (Phi) is 3.09. The number of nitrogens with two attached hydrogens (primary N) is 1. The van der Waals surface area contributed by atoms with Crippen molar-refractivity contribution in [2.45, 2.75) is 19.6 Å². The van der Waals surface area contributed by atoms with Crippen molar-refractivity contribution in [1.29, 1.82) is 0 Å². The Morgan fingerprint density at radius 3 is 3.11 bits per heavy atom. The topological polar surface area (TPSA) is 57.4 Å². The third kappa shape index (κ3) is 2.53. The van der Waals surface area contributed by atoms with Gasteiger partial charge in [0.05, 0.1) is 6.04 Å². The van der Waals surface area contributed by atoms with Crippen LogP contribution in [0.4, 0.5) is 0 Å². The molecule has 1 aliphatic heterocycles. The summed E-state index contributed by atoms with van der Waals surface area (Å²) in [6, 6.07) is 7.83. The molecule has 2 N–H and O–H groups in total. The zero-order chi connectivity index (χ0) is 13.2. The first kappa shape index (κ1) is 12.0. The molecule has 1 unspecified atom stereocenters. The lowest BCUT2D eigenvalue weighted by atomic mass is 10.1. The summed E-state index contributed by atoms with van der Waals surface area (Å²) in [6.07, 6.45) is 3.64. The summed E-state index contributed by atoms with van der Waals surface area (Å²) in [5.74, 6) is 1.61. The molecule has 0 amide bonds. The molecular weight excluding hydrogens is 240 g/mol. The second-order valence-corrected chi connectivity index (χ2v) is 4.78. The van der Waals surface area contributed by atoms with Crippen molar-refractivity contribution >= 4 is 0 Å². The van der Waals surface area contributed by atoms with Crippen molar-refractivity contribution < 1.29 is 9.47 Å².